The second-order valence-corrected chi connectivity index (χ2v) is 11.6. The predicted octanol–water partition coefficient (Wildman–Crippen LogP) is -0.725. The molecule has 0 aromatic carbocycles. The second-order valence-electron chi connectivity index (χ2n) is 10.5. The van der Waals surface area contributed by atoms with Crippen LogP contribution >= 0.6 is 11.8 Å². The van der Waals surface area contributed by atoms with Crippen LogP contribution in [0.25, 0.3) is 0 Å². The van der Waals surface area contributed by atoms with E-state index in [1.165, 1.54) is 0 Å². The minimum absolute atomic E-state index is 0.110. The van der Waals surface area contributed by atoms with E-state index in [1.807, 2.05) is 0 Å². The molecule has 3 N–H and O–H groups in total. The monoisotopic (exact) mass is 708 g/mol. The number of thioether (sulfide) groups is 1. The van der Waals surface area contributed by atoms with Crippen LogP contribution in [0.5, 0.6) is 0 Å². The van der Waals surface area contributed by atoms with Gasteiger partial charge in [-0.3, -0.25) is 39.0 Å². The standard InChI is InChI=1S/C28H40N2O17S/c1-11(31)38-8-18-21(40-13(3)33)23(41-14(4)34)25(43-16(6)36)27(45-18)47-22-19(9-39-12(2)32)46-28(48-10-20(29)30)26(44-17(7)37)24(22)42-15(5)35/h18-19,21-28H,8-10H2,1-7H3,(H3,29,30)/t18-,19-,21+,22-,23+,24+,25-,26-,27+,28+/m1/s1. The van der Waals surface area contributed by atoms with Crippen molar-refractivity contribution in [1.82, 2.24) is 0 Å². The Morgan fingerprint density at radius 1 is 0.562 bits per heavy atom. The first-order chi connectivity index (χ1) is 22.4. The van der Waals surface area contributed by atoms with E-state index < -0.39 is 116 Å². The van der Waals surface area contributed by atoms with Crippen molar-refractivity contribution < 1.29 is 80.9 Å². The molecule has 0 amide bonds. The Morgan fingerprint density at radius 3 is 1.40 bits per heavy atom. The molecule has 10 atom stereocenters. The lowest BCUT2D eigenvalue weighted by molar-refractivity contribution is -0.341. The molecule has 2 rings (SSSR count). The minimum Gasteiger partial charge on any atom is -0.463 e. The maximum absolute atomic E-state index is 12.4. The van der Waals surface area contributed by atoms with Gasteiger partial charge in [0, 0.05) is 48.5 Å². The van der Waals surface area contributed by atoms with Crippen molar-refractivity contribution in [2.24, 2.45) is 5.73 Å². The van der Waals surface area contributed by atoms with E-state index in [2.05, 4.69) is 0 Å². The molecule has 0 aromatic rings. The number of nitrogens with one attached hydrogen (secondary N) is 1. The molecule has 0 radical (unpaired) electrons. The quantitative estimate of drug-likeness (QED) is 0.0975. The van der Waals surface area contributed by atoms with Crippen molar-refractivity contribution in [3.05, 3.63) is 0 Å². The molecule has 0 aromatic heterocycles. The van der Waals surface area contributed by atoms with E-state index in [4.69, 9.17) is 58.5 Å². The SMILES string of the molecule is CC(=O)OC[C@H]1O[C@@H](O[C@H]2[C@H](OC(C)=O)[C@@H](OC(C)=O)[C@H](SCC(=N)N)O[C@@H]2COC(C)=O)[C@H](OC(C)=O)[C@@H](OC(C)=O)[C@H]1OC(C)=O. The van der Waals surface area contributed by atoms with Gasteiger partial charge in [0.15, 0.2) is 36.8 Å². The van der Waals surface area contributed by atoms with E-state index in [1.54, 1.807) is 0 Å². The topological polar surface area (TPSA) is 262 Å². The summed E-state index contributed by atoms with van der Waals surface area (Å²) in [7, 11) is 0. The van der Waals surface area contributed by atoms with Crippen LogP contribution in [0.4, 0.5) is 0 Å². The smallest absolute Gasteiger partial charge is 0.303 e. The highest BCUT2D eigenvalue weighted by molar-refractivity contribution is 8.00. The van der Waals surface area contributed by atoms with E-state index >= 15 is 0 Å². The largest absolute Gasteiger partial charge is 0.463 e. The molecular formula is C28H40N2O17S. The summed E-state index contributed by atoms with van der Waals surface area (Å²) in [6.45, 7) is 6.38. The summed E-state index contributed by atoms with van der Waals surface area (Å²) < 4.78 is 55.9. The van der Waals surface area contributed by atoms with E-state index in [0.29, 0.717) is 0 Å². The molecule has 0 saturated carbocycles. The Bertz CT molecular complexity index is 1230. The molecule has 2 heterocycles. The van der Waals surface area contributed by atoms with Crippen LogP contribution in [0.15, 0.2) is 0 Å². The molecule has 48 heavy (non-hydrogen) atoms. The van der Waals surface area contributed by atoms with Gasteiger partial charge in [0.25, 0.3) is 0 Å². The highest BCUT2D eigenvalue weighted by Crippen LogP contribution is 2.37. The third kappa shape index (κ3) is 12.5. The van der Waals surface area contributed by atoms with Gasteiger partial charge >= 0.3 is 41.8 Å². The summed E-state index contributed by atoms with van der Waals surface area (Å²) in [6.07, 6.45) is -13.8. The predicted molar refractivity (Wildman–Crippen MR) is 158 cm³/mol. The van der Waals surface area contributed by atoms with E-state index in [-0.39, 0.29) is 11.6 Å². The van der Waals surface area contributed by atoms with Crippen molar-refractivity contribution in [1.29, 1.82) is 5.41 Å². The minimum atomic E-state index is -1.78. The van der Waals surface area contributed by atoms with Crippen LogP contribution in [0.2, 0.25) is 0 Å². The van der Waals surface area contributed by atoms with Gasteiger partial charge in [-0.15, -0.1) is 11.8 Å². The maximum atomic E-state index is 12.4. The third-order valence-electron chi connectivity index (χ3n) is 6.29. The van der Waals surface area contributed by atoms with Gasteiger partial charge in [0.1, 0.15) is 42.8 Å². The highest BCUT2D eigenvalue weighted by Gasteiger charge is 2.57. The molecule has 270 valence electrons. The summed E-state index contributed by atoms with van der Waals surface area (Å²) in [5, 5.41) is 7.62. The average Bonchev–Trinajstić information content (AvgIpc) is 2.94. The first kappa shape index (κ1) is 40.2. The van der Waals surface area contributed by atoms with Gasteiger partial charge in [-0.25, -0.2) is 0 Å². The zero-order valence-corrected chi connectivity index (χ0v) is 28.1. The van der Waals surface area contributed by atoms with Crippen molar-refractivity contribution in [3.8, 4) is 0 Å². The Morgan fingerprint density at radius 2 is 0.958 bits per heavy atom. The highest BCUT2D eigenvalue weighted by atomic mass is 32.2. The lowest BCUT2D eigenvalue weighted by Gasteiger charge is -2.48. The number of nitrogens with two attached hydrogens (primary N) is 1. The Kier molecular flexibility index (Phi) is 15.5. The number of carbonyl (C=O) groups excluding carboxylic acids is 7. The van der Waals surface area contributed by atoms with Gasteiger partial charge in [-0.2, -0.15) is 0 Å². The molecular weight excluding hydrogens is 668 g/mol. The summed E-state index contributed by atoms with van der Waals surface area (Å²) in [5.74, 6) is -6.21. The lowest BCUT2D eigenvalue weighted by Crippen LogP contribution is -2.66. The fourth-order valence-electron chi connectivity index (χ4n) is 4.78. The van der Waals surface area contributed by atoms with Crippen molar-refractivity contribution >= 4 is 59.4 Å². The Labute approximate surface area is 279 Å². The summed E-state index contributed by atoms with van der Waals surface area (Å²) in [4.78, 5) is 84.8. The van der Waals surface area contributed by atoms with Crippen LogP contribution in [0, 0.1) is 5.41 Å². The van der Waals surface area contributed by atoms with Crippen molar-refractivity contribution in [2.75, 3.05) is 19.0 Å². The van der Waals surface area contributed by atoms with Crippen molar-refractivity contribution in [2.45, 2.75) is 109 Å². The molecule has 2 saturated heterocycles. The second kappa shape index (κ2) is 18.5. The van der Waals surface area contributed by atoms with E-state index in [9.17, 15) is 33.6 Å². The first-order valence-corrected chi connectivity index (χ1v) is 15.5. The average molecular weight is 709 g/mol. The molecule has 19 nitrogen and oxygen atoms in total. The number of rotatable bonds is 14. The number of amidine groups is 1. The molecule has 0 spiro atoms. The van der Waals surface area contributed by atoms with E-state index in [0.717, 1.165) is 60.2 Å². The molecule has 2 aliphatic heterocycles. The lowest BCUT2D eigenvalue weighted by atomic mass is 9.96. The fraction of sp³-hybridized carbons (Fsp3) is 0.714. The summed E-state index contributed by atoms with van der Waals surface area (Å²) in [5.41, 5.74) is 4.36. The molecule has 2 aliphatic rings. The summed E-state index contributed by atoms with van der Waals surface area (Å²) in [6, 6.07) is 0. The number of hydrogen-bond donors (Lipinski definition) is 2. The Balaban J connectivity index is 2.72. The number of carbonyl (C=O) groups is 7. The first-order valence-electron chi connectivity index (χ1n) is 14.4. The third-order valence-corrected chi connectivity index (χ3v) is 7.47. The fourth-order valence-corrected chi connectivity index (χ4v) is 5.74. The molecule has 0 unspecified atom stereocenters. The molecule has 2 fully saturated rings. The van der Waals surface area contributed by atoms with Crippen LogP contribution in [-0.2, 0) is 80.9 Å². The van der Waals surface area contributed by atoms with Crippen LogP contribution in [0.3, 0.4) is 0 Å². The van der Waals surface area contributed by atoms with Gasteiger partial charge in [-0.1, -0.05) is 0 Å². The molecule has 0 bridgehead atoms. The molecule has 0 aliphatic carbocycles. The van der Waals surface area contributed by atoms with Gasteiger partial charge in [0.05, 0.1) is 5.75 Å². The summed E-state index contributed by atoms with van der Waals surface area (Å²) >= 11 is 0.913. The molecule has 20 heteroatoms. The maximum Gasteiger partial charge on any atom is 0.303 e. The number of hydrogen-bond acceptors (Lipinski definition) is 19. The van der Waals surface area contributed by atoms with Gasteiger partial charge in [0.2, 0.25) is 0 Å². The normalized spacial score (nSPS) is 29.7. The number of ether oxygens (including phenoxy) is 10. The number of esters is 7. The Hall–Kier alpha value is -4.01. The van der Waals surface area contributed by atoms with Crippen LogP contribution in [-0.4, -0.2) is 127 Å². The van der Waals surface area contributed by atoms with Crippen LogP contribution < -0.4 is 5.73 Å². The zero-order chi connectivity index (χ0) is 36.3. The zero-order valence-electron chi connectivity index (χ0n) is 27.3. The van der Waals surface area contributed by atoms with Crippen molar-refractivity contribution in [3.63, 3.8) is 0 Å². The van der Waals surface area contributed by atoms with Crippen LogP contribution in [0.1, 0.15) is 48.5 Å². The van der Waals surface area contributed by atoms with Gasteiger partial charge < -0.3 is 53.1 Å². The van der Waals surface area contributed by atoms with Gasteiger partial charge in [-0.05, 0) is 0 Å².